The van der Waals surface area contributed by atoms with Crippen molar-refractivity contribution in [3.05, 3.63) is 88.9 Å². The Bertz CT molecular complexity index is 833. The van der Waals surface area contributed by atoms with Crippen LogP contribution in [-0.2, 0) is 13.0 Å². The van der Waals surface area contributed by atoms with Crippen molar-refractivity contribution in [2.75, 3.05) is 0 Å². The van der Waals surface area contributed by atoms with Gasteiger partial charge in [-0.25, -0.2) is 0 Å². The van der Waals surface area contributed by atoms with Gasteiger partial charge in [0.2, 0.25) is 0 Å². The van der Waals surface area contributed by atoms with Crippen molar-refractivity contribution in [3.8, 4) is 5.75 Å². The normalized spacial score (nSPS) is 10.7. The van der Waals surface area contributed by atoms with Crippen LogP contribution in [-0.4, -0.2) is 0 Å². The summed E-state index contributed by atoms with van der Waals surface area (Å²) in [6, 6.07) is 24.8. The molecule has 3 heteroatoms. The molecule has 0 saturated heterocycles. The van der Waals surface area contributed by atoms with E-state index in [0.29, 0.717) is 6.61 Å². The first-order valence-corrected chi connectivity index (χ1v) is 10.2. The molecule has 0 fully saturated rings. The van der Waals surface area contributed by atoms with Gasteiger partial charge in [0.15, 0.2) is 0 Å². The summed E-state index contributed by atoms with van der Waals surface area (Å²) in [5.74, 6) is 0.879. The standard InChI is InChI=1S/C23H23ClOS/c1-2-3-10-19-13-14-22(16-23(19)24)26-21-12-7-11-20(15-21)25-17-18-8-5-4-6-9-18/h4-9,11-16H,2-3,10,17H2,1H3. The van der Waals surface area contributed by atoms with Gasteiger partial charge in [-0.05, 0) is 54.3 Å². The molecule has 0 radical (unpaired) electrons. The van der Waals surface area contributed by atoms with Crippen LogP contribution >= 0.6 is 23.4 Å². The quantitative estimate of drug-likeness (QED) is 0.401. The lowest BCUT2D eigenvalue weighted by Gasteiger charge is -2.09. The zero-order chi connectivity index (χ0) is 18.2. The molecule has 134 valence electrons. The third-order valence-corrected chi connectivity index (χ3v) is 5.44. The van der Waals surface area contributed by atoms with Crippen LogP contribution in [0.15, 0.2) is 82.6 Å². The molecule has 3 rings (SSSR count). The largest absolute Gasteiger partial charge is 0.489 e. The molecule has 0 N–H and O–H groups in total. The first-order valence-electron chi connectivity index (χ1n) is 8.97. The maximum Gasteiger partial charge on any atom is 0.120 e. The lowest BCUT2D eigenvalue weighted by atomic mass is 10.1. The van der Waals surface area contributed by atoms with E-state index in [2.05, 4.69) is 49.4 Å². The summed E-state index contributed by atoms with van der Waals surface area (Å²) in [5, 5.41) is 0.861. The Labute approximate surface area is 165 Å². The van der Waals surface area contributed by atoms with E-state index >= 15 is 0 Å². The Morgan fingerprint density at radius 3 is 2.46 bits per heavy atom. The lowest BCUT2D eigenvalue weighted by Crippen LogP contribution is -1.94. The average molecular weight is 383 g/mol. The van der Waals surface area contributed by atoms with E-state index in [1.165, 1.54) is 24.0 Å². The molecule has 0 heterocycles. The maximum absolute atomic E-state index is 6.44. The van der Waals surface area contributed by atoms with Crippen molar-refractivity contribution in [3.63, 3.8) is 0 Å². The van der Waals surface area contributed by atoms with Crippen molar-refractivity contribution in [1.82, 2.24) is 0 Å². The van der Waals surface area contributed by atoms with Gasteiger partial charge in [-0.1, -0.05) is 79.2 Å². The predicted molar refractivity (Wildman–Crippen MR) is 111 cm³/mol. The topological polar surface area (TPSA) is 9.23 Å². The fourth-order valence-electron chi connectivity index (χ4n) is 2.67. The Morgan fingerprint density at radius 2 is 1.69 bits per heavy atom. The second-order valence-electron chi connectivity index (χ2n) is 6.21. The summed E-state index contributed by atoms with van der Waals surface area (Å²) in [7, 11) is 0. The monoisotopic (exact) mass is 382 g/mol. The van der Waals surface area contributed by atoms with E-state index in [0.717, 1.165) is 27.0 Å². The fraction of sp³-hybridized carbons (Fsp3) is 0.217. The van der Waals surface area contributed by atoms with E-state index < -0.39 is 0 Å². The highest BCUT2D eigenvalue weighted by molar-refractivity contribution is 7.99. The van der Waals surface area contributed by atoms with Gasteiger partial charge >= 0.3 is 0 Å². The summed E-state index contributed by atoms with van der Waals surface area (Å²) in [5.41, 5.74) is 2.40. The van der Waals surface area contributed by atoms with Crippen molar-refractivity contribution in [2.45, 2.75) is 42.6 Å². The molecule has 0 saturated carbocycles. The molecule has 3 aromatic rings. The Hall–Kier alpha value is -1.90. The highest BCUT2D eigenvalue weighted by Gasteiger charge is 2.05. The second kappa shape index (κ2) is 9.70. The number of ether oxygens (including phenoxy) is 1. The van der Waals surface area contributed by atoms with Crippen LogP contribution in [0.1, 0.15) is 30.9 Å². The van der Waals surface area contributed by atoms with E-state index in [4.69, 9.17) is 16.3 Å². The molecule has 0 amide bonds. The predicted octanol–water partition coefficient (Wildman–Crippen LogP) is 7.41. The van der Waals surface area contributed by atoms with Gasteiger partial charge in [0.25, 0.3) is 0 Å². The molecule has 0 bridgehead atoms. The van der Waals surface area contributed by atoms with E-state index in [1.807, 2.05) is 30.3 Å². The molecule has 0 aliphatic heterocycles. The second-order valence-corrected chi connectivity index (χ2v) is 7.76. The molecule has 0 spiro atoms. The number of unbranched alkanes of at least 4 members (excludes halogenated alkanes) is 1. The highest BCUT2D eigenvalue weighted by Crippen LogP contribution is 2.33. The van der Waals surface area contributed by atoms with Crippen LogP contribution in [0, 0.1) is 0 Å². The molecule has 0 aromatic heterocycles. The number of hydrogen-bond acceptors (Lipinski definition) is 2. The van der Waals surface area contributed by atoms with Crippen molar-refractivity contribution in [2.24, 2.45) is 0 Å². The molecular formula is C23H23ClOS. The van der Waals surface area contributed by atoms with Crippen LogP contribution < -0.4 is 4.74 Å². The first kappa shape index (κ1) is 18.9. The zero-order valence-electron chi connectivity index (χ0n) is 15.0. The summed E-state index contributed by atoms with van der Waals surface area (Å²) >= 11 is 8.15. The molecule has 26 heavy (non-hydrogen) atoms. The zero-order valence-corrected chi connectivity index (χ0v) is 16.5. The summed E-state index contributed by atoms with van der Waals surface area (Å²) in [6.45, 7) is 2.78. The first-order chi connectivity index (χ1) is 12.7. The maximum atomic E-state index is 6.44. The van der Waals surface area contributed by atoms with Gasteiger partial charge in [0.05, 0.1) is 0 Å². The minimum Gasteiger partial charge on any atom is -0.489 e. The molecular weight excluding hydrogens is 360 g/mol. The highest BCUT2D eigenvalue weighted by atomic mass is 35.5. The minimum absolute atomic E-state index is 0.576. The minimum atomic E-state index is 0.576. The number of halogens is 1. The SMILES string of the molecule is CCCCc1ccc(Sc2cccc(OCc3ccccc3)c2)cc1Cl. The number of benzene rings is 3. The molecule has 0 unspecified atom stereocenters. The number of aryl methyl sites for hydroxylation is 1. The van der Waals surface area contributed by atoms with Gasteiger partial charge < -0.3 is 4.74 Å². The summed E-state index contributed by atoms with van der Waals surface area (Å²) in [4.78, 5) is 2.29. The summed E-state index contributed by atoms with van der Waals surface area (Å²) < 4.78 is 5.92. The molecule has 1 nitrogen and oxygen atoms in total. The Morgan fingerprint density at radius 1 is 0.885 bits per heavy atom. The van der Waals surface area contributed by atoms with Crippen molar-refractivity contribution < 1.29 is 4.74 Å². The molecule has 3 aromatic carbocycles. The third-order valence-electron chi connectivity index (χ3n) is 4.11. The Balaban J connectivity index is 1.64. The van der Waals surface area contributed by atoms with Crippen LogP contribution in [0.25, 0.3) is 0 Å². The molecule has 0 atom stereocenters. The summed E-state index contributed by atoms with van der Waals surface area (Å²) in [6.07, 6.45) is 3.40. The van der Waals surface area contributed by atoms with Crippen LogP contribution in [0.2, 0.25) is 5.02 Å². The van der Waals surface area contributed by atoms with Gasteiger partial charge in [-0.2, -0.15) is 0 Å². The van der Waals surface area contributed by atoms with Gasteiger partial charge in [0.1, 0.15) is 12.4 Å². The fourth-order valence-corrected chi connectivity index (χ4v) is 3.91. The Kier molecular flexibility index (Phi) is 7.04. The molecule has 0 aliphatic rings. The molecule has 0 aliphatic carbocycles. The van der Waals surface area contributed by atoms with E-state index in [1.54, 1.807) is 11.8 Å². The average Bonchev–Trinajstić information content (AvgIpc) is 2.67. The third kappa shape index (κ3) is 5.55. The van der Waals surface area contributed by atoms with Crippen LogP contribution in [0.5, 0.6) is 5.75 Å². The van der Waals surface area contributed by atoms with Crippen molar-refractivity contribution in [1.29, 1.82) is 0 Å². The van der Waals surface area contributed by atoms with Crippen molar-refractivity contribution >= 4 is 23.4 Å². The van der Waals surface area contributed by atoms with Gasteiger partial charge in [-0.15, -0.1) is 0 Å². The van der Waals surface area contributed by atoms with Gasteiger partial charge in [0, 0.05) is 14.8 Å². The van der Waals surface area contributed by atoms with Crippen LogP contribution in [0.3, 0.4) is 0 Å². The van der Waals surface area contributed by atoms with E-state index in [9.17, 15) is 0 Å². The number of hydrogen-bond donors (Lipinski definition) is 0. The van der Waals surface area contributed by atoms with Crippen LogP contribution in [0.4, 0.5) is 0 Å². The number of rotatable bonds is 8. The van der Waals surface area contributed by atoms with E-state index in [-0.39, 0.29) is 0 Å². The lowest BCUT2D eigenvalue weighted by molar-refractivity contribution is 0.305. The van der Waals surface area contributed by atoms with Gasteiger partial charge in [-0.3, -0.25) is 0 Å². The smallest absolute Gasteiger partial charge is 0.120 e.